The molecule has 8 heteroatoms. The van der Waals surface area contributed by atoms with Crippen LogP contribution in [0, 0.1) is 0 Å². The number of phenols is 2. The van der Waals surface area contributed by atoms with E-state index >= 15 is 0 Å². The first kappa shape index (κ1) is 42.2. The maximum atomic E-state index is 11.2. The van der Waals surface area contributed by atoms with Crippen LogP contribution in [0.25, 0.3) is 0 Å². The Kier molecular flexibility index (Phi) is 15.2. The van der Waals surface area contributed by atoms with Crippen molar-refractivity contribution in [3.8, 4) is 11.5 Å². The third-order valence-electron chi connectivity index (χ3n) is 9.34. The van der Waals surface area contributed by atoms with Crippen molar-refractivity contribution in [2.24, 2.45) is 0 Å². The van der Waals surface area contributed by atoms with E-state index in [1.54, 1.807) is 0 Å². The summed E-state index contributed by atoms with van der Waals surface area (Å²) in [6, 6.07) is 8.66. The molecule has 0 aliphatic carbocycles. The van der Waals surface area contributed by atoms with Crippen LogP contribution in [-0.4, -0.2) is 99.0 Å². The number of ether oxygens (including phenoxy) is 4. The van der Waals surface area contributed by atoms with Gasteiger partial charge < -0.3 is 29.2 Å². The molecule has 0 atom stereocenters. The van der Waals surface area contributed by atoms with Crippen molar-refractivity contribution < 1.29 is 29.2 Å². The Hall–Kier alpha value is -2.20. The van der Waals surface area contributed by atoms with E-state index in [1.165, 1.54) is 11.1 Å². The van der Waals surface area contributed by atoms with Gasteiger partial charge in [0.15, 0.2) is 0 Å². The van der Waals surface area contributed by atoms with Gasteiger partial charge in [-0.05, 0) is 55.0 Å². The van der Waals surface area contributed by atoms with Gasteiger partial charge in [0.1, 0.15) is 11.5 Å². The Bertz CT molecular complexity index is 1150. The van der Waals surface area contributed by atoms with Crippen LogP contribution in [0.1, 0.15) is 116 Å². The maximum absolute atomic E-state index is 11.2. The van der Waals surface area contributed by atoms with Gasteiger partial charge in [-0.3, -0.25) is 9.80 Å². The first-order valence-electron chi connectivity index (χ1n) is 18.7. The lowest BCUT2D eigenvalue weighted by atomic mass is 9.78. The molecule has 0 amide bonds. The fourth-order valence-electron chi connectivity index (χ4n) is 6.33. The maximum Gasteiger partial charge on any atom is 0.123 e. The Labute approximate surface area is 304 Å². The summed E-state index contributed by atoms with van der Waals surface area (Å²) in [4.78, 5) is 4.74. The van der Waals surface area contributed by atoms with Gasteiger partial charge in [-0.15, -0.1) is 0 Å². The molecule has 3 rings (SSSR count). The number of aromatic hydroxyl groups is 2. The highest BCUT2D eigenvalue weighted by Gasteiger charge is 2.28. The molecule has 0 unspecified atom stereocenters. The zero-order chi connectivity index (χ0) is 37.3. The third kappa shape index (κ3) is 13.1. The smallest absolute Gasteiger partial charge is 0.123 e. The monoisotopic (exact) mass is 699 g/mol. The molecule has 0 radical (unpaired) electrons. The predicted molar refractivity (Wildman–Crippen MR) is 205 cm³/mol. The summed E-state index contributed by atoms with van der Waals surface area (Å²) in [5.41, 5.74) is 5.61. The molecule has 1 fully saturated rings. The van der Waals surface area contributed by atoms with Crippen LogP contribution in [0.5, 0.6) is 11.5 Å². The van der Waals surface area contributed by atoms with Crippen molar-refractivity contribution >= 4 is 0 Å². The van der Waals surface area contributed by atoms with E-state index in [4.69, 9.17) is 18.9 Å². The number of phenolic OH excluding ortho intramolecular Hbond substituents is 2. The van der Waals surface area contributed by atoms with Crippen LogP contribution < -0.4 is 0 Å². The molecule has 50 heavy (non-hydrogen) atoms. The fourth-order valence-corrected chi connectivity index (χ4v) is 6.33. The van der Waals surface area contributed by atoms with Crippen LogP contribution in [0.3, 0.4) is 0 Å². The van der Waals surface area contributed by atoms with Gasteiger partial charge in [-0.2, -0.15) is 0 Å². The average Bonchev–Trinajstić information content (AvgIpc) is 2.98. The summed E-state index contributed by atoms with van der Waals surface area (Å²) in [6.07, 6.45) is 0. The van der Waals surface area contributed by atoms with Gasteiger partial charge in [0.25, 0.3) is 0 Å². The van der Waals surface area contributed by atoms with E-state index in [0.29, 0.717) is 64.4 Å². The molecule has 0 bridgehead atoms. The first-order valence-corrected chi connectivity index (χ1v) is 18.7. The van der Waals surface area contributed by atoms with Crippen LogP contribution >= 0.6 is 0 Å². The van der Waals surface area contributed by atoms with Crippen molar-refractivity contribution in [2.45, 2.75) is 118 Å². The molecule has 1 saturated heterocycles. The van der Waals surface area contributed by atoms with Crippen molar-refractivity contribution in [1.29, 1.82) is 0 Å². The lowest BCUT2D eigenvalue weighted by Gasteiger charge is -2.30. The topological polar surface area (TPSA) is 83.9 Å². The fraction of sp³-hybridized carbons (Fsp3) is 0.714. The van der Waals surface area contributed by atoms with Gasteiger partial charge in [-0.25, -0.2) is 0 Å². The quantitative estimate of drug-likeness (QED) is 0.337. The lowest BCUT2D eigenvalue weighted by Crippen LogP contribution is -2.33. The number of hydrogen-bond donors (Lipinski definition) is 2. The standard InChI is InChI=1S/C42H70N2O6/c1-39(2,3)33-25-31(26-34(37(33)45)40(4,5)6)29-43-13-17-47-21-23-49-19-15-44(16-20-50-24-22-48-18-14-43)30-32-27-35(41(7,8)9)38(46)36(28-32)42(10,11)12/h25-28,45-46H,13-24,29-30H2,1-12H3. The van der Waals surface area contributed by atoms with E-state index in [9.17, 15) is 10.2 Å². The second-order valence-electron chi connectivity index (χ2n) is 18.1. The zero-order valence-electron chi connectivity index (χ0n) is 33.6. The van der Waals surface area contributed by atoms with E-state index in [1.807, 2.05) is 0 Å². The molecule has 1 aliphatic rings. The molecule has 1 heterocycles. The molecule has 2 aromatic carbocycles. The molecule has 284 valence electrons. The van der Waals surface area contributed by atoms with Crippen LogP contribution in [0.4, 0.5) is 0 Å². The molecule has 0 spiro atoms. The normalized spacial score (nSPS) is 18.5. The van der Waals surface area contributed by atoms with Gasteiger partial charge >= 0.3 is 0 Å². The predicted octanol–water partition coefficient (Wildman–Crippen LogP) is 7.67. The minimum atomic E-state index is -0.173. The third-order valence-corrected chi connectivity index (χ3v) is 9.34. The summed E-state index contributed by atoms with van der Waals surface area (Å²) in [5, 5.41) is 22.4. The molecule has 2 N–H and O–H groups in total. The van der Waals surface area contributed by atoms with Crippen LogP contribution in [-0.2, 0) is 53.7 Å². The van der Waals surface area contributed by atoms with Gasteiger partial charge in [0, 0.05) is 39.3 Å². The molecule has 8 nitrogen and oxygen atoms in total. The zero-order valence-corrected chi connectivity index (χ0v) is 33.6. The van der Waals surface area contributed by atoms with E-state index in [0.717, 1.165) is 61.5 Å². The van der Waals surface area contributed by atoms with Crippen LogP contribution in [0.15, 0.2) is 24.3 Å². The molecule has 1 aliphatic heterocycles. The second kappa shape index (κ2) is 18.0. The summed E-state index contributed by atoms with van der Waals surface area (Å²) >= 11 is 0. The van der Waals surface area contributed by atoms with E-state index in [2.05, 4.69) is 117 Å². The highest BCUT2D eigenvalue weighted by atomic mass is 16.5. The SMILES string of the molecule is CC(C)(C)c1cc(CN2CCOCCOCCN(Cc3cc(C(C)(C)C)c(O)c(C(C)(C)C)c3)CCOCCOCC2)cc(C(C)(C)C)c1O. The Balaban J connectivity index is 1.65. The van der Waals surface area contributed by atoms with Crippen molar-refractivity contribution in [3.05, 3.63) is 57.6 Å². The highest BCUT2D eigenvalue weighted by Crippen LogP contribution is 2.41. The summed E-state index contributed by atoms with van der Waals surface area (Å²) in [5.74, 6) is 0.820. The van der Waals surface area contributed by atoms with Crippen molar-refractivity contribution in [1.82, 2.24) is 9.80 Å². The molecular formula is C42H70N2O6. The number of hydrogen-bond acceptors (Lipinski definition) is 8. The number of benzene rings is 2. The molecule has 0 aromatic heterocycles. The second-order valence-corrected chi connectivity index (χ2v) is 18.1. The Morgan fingerprint density at radius 2 is 0.640 bits per heavy atom. The van der Waals surface area contributed by atoms with E-state index in [-0.39, 0.29) is 21.7 Å². The van der Waals surface area contributed by atoms with Crippen molar-refractivity contribution in [3.63, 3.8) is 0 Å². The van der Waals surface area contributed by atoms with E-state index < -0.39 is 0 Å². The van der Waals surface area contributed by atoms with Crippen LogP contribution in [0.2, 0.25) is 0 Å². The summed E-state index contributed by atoms with van der Waals surface area (Å²) in [6.45, 7) is 34.9. The molecule has 2 aromatic rings. The molecular weight excluding hydrogens is 628 g/mol. The Morgan fingerprint density at radius 3 is 0.840 bits per heavy atom. The number of nitrogens with zero attached hydrogens (tertiary/aromatic N) is 2. The Morgan fingerprint density at radius 1 is 0.420 bits per heavy atom. The van der Waals surface area contributed by atoms with Gasteiger partial charge in [0.05, 0.1) is 52.9 Å². The molecule has 0 saturated carbocycles. The van der Waals surface area contributed by atoms with Gasteiger partial charge in [0.2, 0.25) is 0 Å². The first-order chi connectivity index (χ1) is 23.2. The largest absolute Gasteiger partial charge is 0.507 e. The van der Waals surface area contributed by atoms with Gasteiger partial charge in [-0.1, -0.05) is 107 Å². The summed E-state index contributed by atoms with van der Waals surface area (Å²) in [7, 11) is 0. The lowest BCUT2D eigenvalue weighted by molar-refractivity contribution is 0.00622. The minimum Gasteiger partial charge on any atom is -0.507 e. The average molecular weight is 699 g/mol. The highest BCUT2D eigenvalue weighted by molar-refractivity contribution is 5.51. The number of rotatable bonds is 4. The van der Waals surface area contributed by atoms with Crippen molar-refractivity contribution in [2.75, 3.05) is 79.0 Å². The minimum absolute atomic E-state index is 0.173. The summed E-state index contributed by atoms with van der Waals surface area (Å²) < 4.78 is 24.2.